The number of benzene rings is 1. The highest BCUT2D eigenvalue weighted by atomic mass is 35.5. The van der Waals surface area contributed by atoms with Gasteiger partial charge in [0.05, 0.1) is 12.9 Å². The van der Waals surface area contributed by atoms with E-state index < -0.39 is 10.0 Å². The Hall–Kier alpha value is -1.31. The second-order valence-electron chi connectivity index (χ2n) is 5.60. The van der Waals surface area contributed by atoms with Gasteiger partial charge in [-0.15, -0.1) is 0 Å². The minimum atomic E-state index is -3.43. The Morgan fingerprint density at radius 2 is 2.00 bits per heavy atom. The number of piperidine rings is 1. The van der Waals surface area contributed by atoms with Gasteiger partial charge in [0.2, 0.25) is 10.0 Å². The molecule has 0 unspecified atom stereocenters. The monoisotopic (exact) mass is 360 g/mol. The molecule has 128 valence electrons. The van der Waals surface area contributed by atoms with E-state index in [1.165, 1.54) is 7.11 Å². The third-order valence-corrected chi connectivity index (χ3v) is 5.61. The predicted octanol–water partition coefficient (Wildman–Crippen LogP) is 2.24. The minimum Gasteiger partial charge on any atom is -0.453 e. The first-order chi connectivity index (χ1) is 10.9. The predicted molar refractivity (Wildman–Crippen MR) is 88.8 cm³/mol. The molecule has 0 saturated carbocycles. The number of nitrogens with one attached hydrogen (secondary N) is 1. The standard InChI is InChI=1S/C15H21ClN2O4S/c1-22-15(19)18-8-6-12(7-9-18)10-17-23(20,21)11-13-4-2-3-5-14(13)16/h2-5,12,17H,6-11H2,1H3. The van der Waals surface area contributed by atoms with E-state index in [0.717, 1.165) is 12.8 Å². The Bertz CT molecular complexity index is 643. The fourth-order valence-corrected chi connectivity index (χ4v) is 4.10. The zero-order chi connectivity index (χ0) is 16.9. The first kappa shape index (κ1) is 18.0. The molecule has 1 heterocycles. The summed E-state index contributed by atoms with van der Waals surface area (Å²) in [4.78, 5) is 13.0. The molecule has 0 bridgehead atoms. The number of rotatable bonds is 5. The van der Waals surface area contributed by atoms with Crippen molar-refractivity contribution in [2.24, 2.45) is 5.92 Å². The van der Waals surface area contributed by atoms with Crippen molar-refractivity contribution in [1.29, 1.82) is 0 Å². The molecule has 1 fully saturated rings. The topological polar surface area (TPSA) is 75.7 Å². The Labute approximate surface area is 141 Å². The molecule has 1 aliphatic heterocycles. The number of halogens is 1. The van der Waals surface area contributed by atoms with E-state index in [9.17, 15) is 13.2 Å². The van der Waals surface area contributed by atoms with Crippen LogP contribution in [0.2, 0.25) is 5.02 Å². The number of hydrogen-bond donors (Lipinski definition) is 1. The van der Waals surface area contributed by atoms with Crippen molar-refractivity contribution in [3.8, 4) is 0 Å². The lowest BCUT2D eigenvalue weighted by molar-refractivity contribution is 0.106. The first-order valence-electron chi connectivity index (χ1n) is 7.45. The number of amides is 1. The number of nitrogens with zero attached hydrogens (tertiary/aromatic N) is 1. The summed E-state index contributed by atoms with van der Waals surface area (Å²) < 4.78 is 31.6. The smallest absolute Gasteiger partial charge is 0.409 e. The quantitative estimate of drug-likeness (QED) is 0.873. The Kier molecular flexibility index (Phi) is 6.26. The zero-order valence-corrected chi connectivity index (χ0v) is 14.6. The lowest BCUT2D eigenvalue weighted by Gasteiger charge is -2.30. The van der Waals surface area contributed by atoms with E-state index in [1.807, 2.05) is 0 Å². The molecule has 1 amide bonds. The van der Waals surface area contributed by atoms with Gasteiger partial charge in [0, 0.05) is 24.7 Å². The molecular weight excluding hydrogens is 340 g/mol. The van der Waals surface area contributed by atoms with Gasteiger partial charge in [0.15, 0.2) is 0 Å². The average molecular weight is 361 g/mol. The van der Waals surface area contributed by atoms with E-state index in [4.69, 9.17) is 11.6 Å². The number of likely N-dealkylation sites (tertiary alicyclic amines) is 1. The van der Waals surface area contributed by atoms with Crippen LogP contribution < -0.4 is 4.72 Å². The summed E-state index contributed by atoms with van der Waals surface area (Å²) in [6.45, 7) is 1.55. The fraction of sp³-hybridized carbons (Fsp3) is 0.533. The van der Waals surface area contributed by atoms with Gasteiger partial charge in [-0.2, -0.15) is 0 Å². The van der Waals surface area contributed by atoms with Crippen molar-refractivity contribution in [3.05, 3.63) is 34.9 Å². The summed E-state index contributed by atoms with van der Waals surface area (Å²) in [6, 6.07) is 6.91. The molecule has 0 radical (unpaired) electrons. The second kappa shape index (κ2) is 7.99. The molecule has 0 atom stereocenters. The van der Waals surface area contributed by atoms with Gasteiger partial charge in [-0.3, -0.25) is 0 Å². The Morgan fingerprint density at radius 1 is 1.35 bits per heavy atom. The molecule has 0 spiro atoms. The van der Waals surface area contributed by atoms with Gasteiger partial charge in [0.1, 0.15) is 0 Å². The normalized spacial score (nSPS) is 16.3. The maximum Gasteiger partial charge on any atom is 0.409 e. The molecule has 1 aromatic carbocycles. The highest BCUT2D eigenvalue weighted by Gasteiger charge is 2.24. The molecule has 1 N–H and O–H groups in total. The Balaban J connectivity index is 1.82. The van der Waals surface area contributed by atoms with Crippen molar-refractivity contribution in [2.75, 3.05) is 26.7 Å². The number of methoxy groups -OCH3 is 1. The molecule has 1 saturated heterocycles. The van der Waals surface area contributed by atoms with Gasteiger partial charge in [-0.25, -0.2) is 17.9 Å². The van der Waals surface area contributed by atoms with Gasteiger partial charge < -0.3 is 9.64 Å². The summed E-state index contributed by atoms with van der Waals surface area (Å²) in [6.07, 6.45) is 1.18. The van der Waals surface area contributed by atoms with Crippen LogP contribution >= 0.6 is 11.6 Å². The summed E-state index contributed by atoms with van der Waals surface area (Å²) in [5.74, 6) is 0.0881. The van der Waals surface area contributed by atoms with Crippen molar-refractivity contribution in [2.45, 2.75) is 18.6 Å². The average Bonchev–Trinajstić information content (AvgIpc) is 2.55. The number of sulfonamides is 1. The third-order valence-electron chi connectivity index (χ3n) is 3.94. The van der Waals surface area contributed by atoms with Crippen molar-refractivity contribution in [3.63, 3.8) is 0 Å². The van der Waals surface area contributed by atoms with Crippen molar-refractivity contribution < 1.29 is 17.9 Å². The van der Waals surface area contributed by atoms with Gasteiger partial charge in [-0.1, -0.05) is 29.8 Å². The zero-order valence-electron chi connectivity index (χ0n) is 13.0. The van der Waals surface area contributed by atoms with Crippen LogP contribution in [0.15, 0.2) is 24.3 Å². The van der Waals surface area contributed by atoms with Gasteiger partial charge >= 0.3 is 6.09 Å². The molecule has 0 aromatic heterocycles. The molecule has 6 nitrogen and oxygen atoms in total. The highest BCUT2D eigenvalue weighted by Crippen LogP contribution is 2.19. The summed E-state index contributed by atoms with van der Waals surface area (Å²) >= 11 is 6.00. The maximum absolute atomic E-state index is 12.2. The summed E-state index contributed by atoms with van der Waals surface area (Å²) in [7, 11) is -2.07. The van der Waals surface area contributed by atoms with Crippen LogP contribution in [-0.4, -0.2) is 46.2 Å². The van der Waals surface area contributed by atoms with Gasteiger partial charge in [-0.05, 0) is 30.4 Å². The fourth-order valence-electron chi connectivity index (χ4n) is 2.56. The minimum absolute atomic E-state index is 0.131. The van der Waals surface area contributed by atoms with Crippen LogP contribution in [0.1, 0.15) is 18.4 Å². The number of carbonyl (C=O) groups is 1. The molecule has 8 heteroatoms. The summed E-state index contributed by atoms with van der Waals surface area (Å²) in [5, 5.41) is 0.448. The molecule has 23 heavy (non-hydrogen) atoms. The van der Waals surface area contributed by atoms with E-state index in [0.29, 0.717) is 30.2 Å². The maximum atomic E-state index is 12.2. The van der Waals surface area contributed by atoms with E-state index >= 15 is 0 Å². The van der Waals surface area contributed by atoms with Crippen LogP contribution in [0, 0.1) is 5.92 Å². The van der Waals surface area contributed by atoms with E-state index in [2.05, 4.69) is 9.46 Å². The summed E-state index contributed by atoms with van der Waals surface area (Å²) in [5.41, 5.74) is 0.585. The molecule has 1 aromatic rings. The molecule has 0 aliphatic carbocycles. The third kappa shape index (κ3) is 5.37. The van der Waals surface area contributed by atoms with Crippen LogP contribution in [0.25, 0.3) is 0 Å². The van der Waals surface area contributed by atoms with Crippen molar-refractivity contribution in [1.82, 2.24) is 9.62 Å². The highest BCUT2D eigenvalue weighted by molar-refractivity contribution is 7.88. The number of ether oxygens (including phenoxy) is 1. The number of carbonyl (C=O) groups excluding carboxylic acids is 1. The first-order valence-corrected chi connectivity index (χ1v) is 9.48. The Morgan fingerprint density at radius 3 is 2.61 bits per heavy atom. The van der Waals surface area contributed by atoms with E-state index in [-0.39, 0.29) is 17.8 Å². The largest absolute Gasteiger partial charge is 0.453 e. The van der Waals surface area contributed by atoms with Crippen molar-refractivity contribution >= 4 is 27.7 Å². The lowest BCUT2D eigenvalue weighted by Crippen LogP contribution is -2.41. The van der Waals surface area contributed by atoms with Crippen LogP contribution in [0.5, 0.6) is 0 Å². The molecular formula is C15H21ClN2O4S. The van der Waals surface area contributed by atoms with Crippen LogP contribution in [0.4, 0.5) is 4.79 Å². The molecule has 1 aliphatic rings. The van der Waals surface area contributed by atoms with Gasteiger partial charge in [0.25, 0.3) is 0 Å². The SMILES string of the molecule is COC(=O)N1CCC(CNS(=O)(=O)Cc2ccccc2Cl)CC1. The van der Waals surface area contributed by atoms with Crippen LogP contribution in [0.3, 0.4) is 0 Å². The molecule has 2 rings (SSSR count). The lowest BCUT2D eigenvalue weighted by atomic mass is 9.97. The second-order valence-corrected chi connectivity index (χ2v) is 7.81. The number of hydrogen-bond acceptors (Lipinski definition) is 4. The van der Waals surface area contributed by atoms with E-state index in [1.54, 1.807) is 29.2 Å². The van der Waals surface area contributed by atoms with Crippen LogP contribution in [-0.2, 0) is 20.5 Å².